The van der Waals surface area contributed by atoms with Crippen LogP contribution in [0.5, 0.6) is 0 Å². The van der Waals surface area contributed by atoms with Crippen molar-refractivity contribution in [1.29, 1.82) is 5.41 Å². The molecule has 0 amide bonds. The van der Waals surface area contributed by atoms with Crippen molar-refractivity contribution in [3.63, 3.8) is 0 Å². The van der Waals surface area contributed by atoms with Gasteiger partial charge in [0, 0.05) is 9.37 Å². The van der Waals surface area contributed by atoms with Gasteiger partial charge in [-0.25, -0.2) is 4.98 Å². The fourth-order valence-electron chi connectivity index (χ4n) is 1.25. The van der Waals surface area contributed by atoms with Crippen molar-refractivity contribution in [2.24, 2.45) is 5.73 Å². The van der Waals surface area contributed by atoms with Crippen LogP contribution in [0.1, 0.15) is 5.69 Å². The van der Waals surface area contributed by atoms with Crippen molar-refractivity contribution in [3.05, 3.63) is 52.6 Å². The monoisotopic (exact) mass is 307 g/mol. The van der Waals surface area contributed by atoms with Crippen LogP contribution in [-0.4, -0.2) is 10.8 Å². The van der Waals surface area contributed by atoms with Gasteiger partial charge in [-0.05, 0) is 36.4 Å². The number of rotatable bonds is 3. The van der Waals surface area contributed by atoms with Crippen molar-refractivity contribution in [2.45, 2.75) is 9.92 Å². The molecule has 0 aliphatic rings. The van der Waals surface area contributed by atoms with Gasteiger partial charge in [-0.15, -0.1) is 0 Å². The number of amidine groups is 1. The van der Waals surface area contributed by atoms with E-state index in [2.05, 4.69) is 20.9 Å². The highest BCUT2D eigenvalue weighted by atomic mass is 79.9. The van der Waals surface area contributed by atoms with Crippen LogP contribution in [-0.2, 0) is 0 Å². The zero-order chi connectivity index (χ0) is 12.3. The zero-order valence-electron chi connectivity index (χ0n) is 8.85. The van der Waals surface area contributed by atoms with Gasteiger partial charge in [0.25, 0.3) is 0 Å². The average Bonchev–Trinajstić information content (AvgIpc) is 2.32. The first-order valence-corrected chi connectivity index (χ1v) is 6.51. The summed E-state index contributed by atoms with van der Waals surface area (Å²) in [6, 6.07) is 13.5. The number of nitrogen functional groups attached to an aromatic ring is 1. The summed E-state index contributed by atoms with van der Waals surface area (Å²) in [7, 11) is 0. The average molecular weight is 308 g/mol. The van der Waals surface area contributed by atoms with Crippen LogP contribution < -0.4 is 5.73 Å². The van der Waals surface area contributed by atoms with Crippen molar-refractivity contribution < 1.29 is 0 Å². The number of pyridine rings is 1. The minimum atomic E-state index is -0.0109. The largest absolute Gasteiger partial charge is 0.382 e. The van der Waals surface area contributed by atoms with E-state index in [1.807, 2.05) is 36.4 Å². The van der Waals surface area contributed by atoms with Crippen LogP contribution in [0.25, 0.3) is 0 Å². The van der Waals surface area contributed by atoms with Gasteiger partial charge in [0.2, 0.25) is 0 Å². The quantitative estimate of drug-likeness (QED) is 0.675. The van der Waals surface area contributed by atoms with Crippen LogP contribution in [0.4, 0.5) is 0 Å². The Labute approximate surface area is 112 Å². The van der Waals surface area contributed by atoms with Crippen molar-refractivity contribution >= 4 is 33.5 Å². The van der Waals surface area contributed by atoms with Gasteiger partial charge in [0.15, 0.2) is 0 Å². The molecule has 0 saturated heterocycles. The highest BCUT2D eigenvalue weighted by Crippen LogP contribution is 2.27. The third-order valence-corrected chi connectivity index (χ3v) is 3.51. The molecule has 0 aliphatic carbocycles. The molecule has 0 aliphatic heterocycles. The molecule has 3 N–H and O–H groups in total. The van der Waals surface area contributed by atoms with Crippen molar-refractivity contribution in [1.82, 2.24) is 4.98 Å². The highest BCUT2D eigenvalue weighted by Gasteiger charge is 2.02. The van der Waals surface area contributed by atoms with Crippen LogP contribution in [0.15, 0.2) is 56.9 Å². The van der Waals surface area contributed by atoms with Crippen LogP contribution >= 0.6 is 27.7 Å². The molecular weight excluding hydrogens is 298 g/mol. The van der Waals surface area contributed by atoms with E-state index >= 15 is 0 Å². The molecule has 1 heterocycles. The number of aromatic nitrogens is 1. The van der Waals surface area contributed by atoms with Gasteiger partial charge in [-0.1, -0.05) is 33.8 Å². The summed E-state index contributed by atoms with van der Waals surface area (Å²) in [4.78, 5) is 5.39. The lowest BCUT2D eigenvalue weighted by atomic mass is 10.3. The van der Waals surface area contributed by atoms with Crippen LogP contribution in [0.3, 0.4) is 0 Å². The molecule has 2 aromatic rings. The molecule has 0 bridgehead atoms. The molecule has 2 rings (SSSR count). The number of halogens is 1. The number of nitrogens with zero attached hydrogens (tertiary/aromatic N) is 1. The summed E-state index contributed by atoms with van der Waals surface area (Å²) >= 11 is 4.94. The molecule has 17 heavy (non-hydrogen) atoms. The summed E-state index contributed by atoms with van der Waals surface area (Å²) < 4.78 is 1.05. The molecular formula is C12H10BrN3S. The zero-order valence-corrected chi connectivity index (χ0v) is 11.3. The minimum Gasteiger partial charge on any atom is -0.382 e. The third-order valence-electron chi connectivity index (χ3n) is 2.04. The van der Waals surface area contributed by atoms with Gasteiger partial charge < -0.3 is 5.73 Å². The van der Waals surface area contributed by atoms with E-state index in [9.17, 15) is 0 Å². The first kappa shape index (κ1) is 12.1. The normalized spacial score (nSPS) is 10.2. The SMILES string of the molecule is N=C(N)c1cccc(Sc2ccc(Br)cc2)n1. The number of nitrogens with one attached hydrogen (secondary N) is 1. The van der Waals surface area contributed by atoms with Gasteiger partial charge in [-0.2, -0.15) is 0 Å². The molecule has 1 aromatic heterocycles. The molecule has 3 nitrogen and oxygen atoms in total. The Bertz CT molecular complexity index is 540. The van der Waals surface area contributed by atoms with E-state index in [-0.39, 0.29) is 5.84 Å². The Balaban J connectivity index is 2.21. The second-order valence-electron chi connectivity index (χ2n) is 3.33. The molecule has 0 radical (unpaired) electrons. The molecule has 0 saturated carbocycles. The Kier molecular flexibility index (Phi) is 3.81. The van der Waals surface area contributed by atoms with Crippen LogP contribution in [0, 0.1) is 5.41 Å². The Hall–Kier alpha value is -1.33. The predicted molar refractivity (Wildman–Crippen MR) is 73.5 cm³/mol. The van der Waals surface area contributed by atoms with Gasteiger partial charge in [-0.3, -0.25) is 5.41 Å². The number of nitrogens with two attached hydrogens (primary N) is 1. The summed E-state index contributed by atoms with van der Waals surface area (Å²) in [6.07, 6.45) is 0. The molecule has 0 fully saturated rings. The topological polar surface area (TPSA) is 62.8 Å². The van der Waals surface area contributed by atoms with Crippen molar-refractivity contribution in [3.8, 4) is 0 Å². The molecule has 86 valence electrons. The van der Waals surface area contributed by atoms with Gasteiger partial charge in [0.05, 0.1) is 0 Å². The Morgan fingerprint density at radius 1 is 1.18 bits per heavy atom. The molecule has 0 unspecified atom stereocenters. The van der Waals surface area contributed by atoms with E-state index in [4.69, 9.17) is 11.1 Å². The van der Waals surface area contributed by atoms with E-state index in [1.165, 1.54) is 0 Å². The highest BCUT2D eigenvalue weighted by molar-refractivity contribution is 9.10. The maximum atomic E-state index is 7.34. The number of hydrogen-bond donors (Lipinski definition) is 2. The fraction of sp³-hybridized carbons (Fsp3) is 0. The lowest BCUT2D eigenvalue weighted by Crippen LogP contribution is -2.12. The first-order chi connectivity index (χ1) is 8.15. The third kappa shape index (κ3) is 3.31. The second kappa shape index (κ2) is 5.33. The molecule has 0 atom stereocenters. The summed E-state index contributed by atoms with van der Waals surface area (Å²) in [5.74, 6) is -0.0109. The number of benzene rings is 1. The van der Waals surface area contributed by atoms with E-state index in [0.29, 0.717) is 5.69 Å². The van der Waals surface area contributed by atoms with Crippen molar-refractivity contribution in [2.75, 3.05) is 0 Å². The Morgan fingerprint density at radius 2 is 1.88 bits per heavy atom. The maximum absolute atomic E-state index is 7.34. The maximum Gasteiger partial charge on any atom is 0.141 e. The summed E-state index contributed by atoms with van der Waals surface area (Å²) in [5.41, 5.74) is 5.91. The van der Waals surface area contributed by atoms with E-state index in [1.54, 1.807) is 17.8 Å². The lowest BCUT2D eigenvalue weighted by molar-refractivity contribution is 1.10. The van der Waals surface area contributed by atoms with E-state index in [0.717, 1.165) is 14.4 Å². The Morgan fingerprint density at radius 3 is 2.53 bits per heavy atom. The second-order valence-corrected chi connectivity index (χ2v) is 5.34. The van der Waals surface area contributed by atoms with Gasteiger partial charge >= 0.3 is 0 Å². The smallest absolute Gasteiger partial charge is 0.141 e. The minimum absolute atomic E-state index is 0.0109. The fourth-order valence-corrected chi connectivity index (χ4v) is 2.31. The predicted octanol–water partition coefficient (Wildman–Crippen LogP) is 3.28. The molecule has 0 spiro atoms. The summed E-state index contributed by atoms with van der Waals surface area (Å²) in [5, 5.41) is 8.17. The number of hydrogen-bond acceptors (Lipinski definition) is 3. The first-order valence-electron chi connectivity index (χ1n) is 4.90. The van der Waals surface area contributed by atoms with Gasteiger partial charge in [0.1, 0.15) is 16.6 Å². The van der Waals surface area contributed by atoms with Crippen LogP contribution in [0.2, 0.25) is 0 Å². The summed E-state index contributed by atoms with van der Waals surface area (Å²) in [6.45, 7) is 0. The standard InChI is InChI=1S/C12H10BrN3S/c13-8-4-6-9(7-5-8)17-11-3-1-2-10(16-11)12(14)15/h1-7H,(H3,14,15). The van der Waals surface area contributed by atoms with E-state index < -0.39 is 0 Å². The molecule has 5 heteroatoms. The molecule has 1 aromatic carbocycles. The lowest BCUT2D eigenvalue weighted by Gasteiger charge is -2.03.